The Balaban J connectivity index is 1.40. The van der Waals surface area contributed by atoms with E-state index in [1.54, 1.807) is 0 Å². The number of hydrogen-bond acceptors (Lipinski definition) is 3. The van der Waals surface area contributed by atoms with Gasteiger partial charge in [-0.15, -0.1) is 0 Å². The lowest BCUT2D eigenvalue weighted by atomic mass is 9.97. The first kappa shape index (κ1) is 15.8. The zero-order valence-corrected chi connectivity index (χ0v) is 13.6. The van der Waals surface area contributed by atoms with Crippen LogP contribution in [0, 0.1) is 11.8 Å². The topological polar surface area (TPSA) is 58.6 Å². The Kier molecular flexibility index (Phi) is 4.84. The van der Waals surface area contributed by atoms with E-state index in [-0.39, 0.29) is 5.91 Å². The highest BCUT2D eigenvalue weighted by atomic mass is 16.5. The zero-order valence-electron chi connectivity index (χ0n) is 13.6. The number of carbonyl (C=O) groups is 2. The number of nitrogens with one attached hydrogen (secondary N) is 1. The summed E-state index contributed by atoms with van der Waals surface area (Å²) in [6.07, 6.45) is 4.19. The average molecular weight is 316 g/mol. The summed E-state index contributed by atoms with van der Waals surface area (Å²) >= 11 is 0. The van der Waals surface area contributed by atoms with Crippen LogP contribution >= 0.6 is 0 Å². The van der Waals surface area contributed by atoms with E-state index in [4.69, 9.17) is 4.74 Å². The predicted molar refractivity (Wildman–Crippen MR) is 88.3 cm³/mol. The zero-order chi connectivity index (χ0) is 16.2. The summed E-state index contributed by atoms with van der Waals surface area (Å²) in [6, 6.07) is 7.43. The highest BCUT2D eigenvalue weighted by Gasteiger charge is 2.34. The van der Waals surface area contributed by atoms with Crippen LogP contribution < -0.4 is 10.1 Å². The number of piperidine rings is 1. The number of anilines is 1. The fourth-order valence-corrected chi connectivity index (χ4v) is 2.96. The fourth-order valence-electron chi connectivity index (χ4n) is 2.96. The molecule has 2 fully saturated rings. The molecule has 1 aromatic rings. The van der Waals surface area contributed by atoms with Crippen molar-refractivity contribution in [1.82, 2.24) is 4.90 Å². The van der Waals surface area contributed by atoms with E-state index in [1.807, 2.05) is 29.2 Å². The molecule has 1 saturated carbocycles. The molecular weight excluding hydrogens is 292 g/mol. The summed E-state index contributed by atoms with van der Waals surface area (Å²) in [4.78, 5) is 25.0. The van der Waals surface area contributed by atoms with Gasteiger partial charge in [-0.1, -0.05) is 0 Å². The molecule has 23 heavy (non-hydrogen) atoms. The molecule has 0 atom stereocenters. The maximum Gasteiger partial charge on any atom is 0.225 e. The lowest BCUT2D eigenvalue weighted by Crippen LogP contribution is -2.40. The highest BCUT2D eigenvalue weighted by molar-refractivity contribution is 5.88. The first-order valence-corrected chi connectivity index (χ1v) is 8.41. The number of amides is 2. The van der Waals surface area contributed by atoms with Crippen LogP contribution in [-0.2, 0) is 9.59 Å². The van der Waals surface area contributed by atoms with Crippen molar-refractivity contribution in [3.8, 4) is 5.75 Å². The molecule has 2 amide bonds. The van der Waals surface area contributed by atoms with Crippen LogP contribution in [0.4, 0.5) is 5.69 Å². The van der Waals surface area contributed by atoms with Crippen molar-refractivity contribution in [2.24, 2.45) is 11.8 Å². The Bertz CT molecular complexity index is 558. The van der Waals surface area contributed by atoms with Gasteiger partial charge in [0.25, 0.3) is 0 Å². The molecule has 0 bridgehead atoms. The standard InChI is InChI=1S/C18H24N2O3/c1-13(21)19-16-4-6-17(7-5-16)23-12-14-8-10-20(11-9-14)18(22)15-2-3-15/h4-7,14-15H,2-3,8-12H2,1H3,(H,19,21). The smallest absolute Gasteiger partial charge is 0.225 e. The molecule has 0 radical (unpaired) electrons. The van der Waals surface area contributed by atoms with Gasteiger partial charge in [0.2, 0.25) is 11.8 Å². The second-order valence-electron chi connectivity index (χ2n) is 6.56. The largest absolute Gasteiger partial charge is 0.493 e. The predicted octanol–water partition coefficient (Wildman–Crippen LogP) is 2.67. The quantitative estimate of drug-likeness (QED) is 0.908. The number of rotatable bonds is 5. The van der Waals surface area contributed by atoms with Crippen molar-refractivity contribution in [3.63, 3.8) is 0 Å². The summed E-state index contributed by atoms with van der Waals surface area (Å²) in [7, 11) is 0. The molecule has 0 unspecified atom stereocenters. The lowest BCUT2D eigenvalue weighted by molar-refractivity contribution is -0.134. The highest BCUT2D eigenvalue weighted by Crippen LogP contribution is 2.32. The van der Waals surface area contributed by atoms with E-state index in [0.717, 1.165) is 50.2 Å². The molecule has 1 heterocycles. The van der Waals surface area contributed by atoms with Crippen molar-refractivity contribution < 1.29 is 14.3 Å². The van der Waals surface area contributed by atoms with Crippen LogP contribution in [0.2, 0.25) is 0 Å². The van der Waals surface area contributed by atoms with Crippen molar-refractivity contribution in [3.05, 3.63) is 24.3 Å². The first-order chi connectivity index (χ1) is 11.1. The maximum atomic E-state index is 12.0. The average Bonchev–Trinajstić information content (AvgIpc) is 3.38. The minimum atomic E-state index is -0.0776. The summed E-state index contributed by atoms with van der Waals surface area (Å²) in [6.45, 7) is 3.91. The van der Waals surface area contributed by atoms with Gasteiger partial charge in [-0.2, -0.15) is 0 Å². The van der Waals surface area contributed by atoms with E-state index < -0.39 is 0 Å². The van der Waals surface area contributed by atoms with E-state index in [0.29, 0.717) is 24.3 Å². The molecule has 0 aromatic heterocycles. The van der Waals surface area contributed by atoms with Gasteiger partial charge >= 0.3 is 0 Å². The van der Waals surface area contributed by atoms with Gasteiger partial charge in [0.15, 0.2) is 0 Å². The number of ether oxygens (including phenoxy) is 1. The second kappa shape index (κ2) is 7.02. The van der Waals surface area contributed by atoms with Crippen molar-refractivity contribution in [2.45, 2.75) is 32.6 Å². The molecule has 124 valence electrons. The molecule has 1 N–H and O–H groups in total. The van der Waals surface area contributed by atoms with Gasteiger partial charge in [-0.25, -0.2) is 0 Å². The lowest BCUT2D eigenvalue weighted by Gasteiger charge is -2.32. The van der Waals surface area contributed by atoms with Crippen LogP contribution in [0.3, 0.4) is 0 Å². The third-order valence-electron chi connectivity index (χ3n) is 4.51. The molecule has 0 spiro atoms. The molecule has 1 saturated heterocycles. The third kappa shape index (κ3) is 4.47. The van der Waals surface area contributed by atoms with Gasteiger partial charge in [-0.3, -0.25) is 9.59 Å². The van der Waals surface area contributed by atoms with Crippen molar-refractivity contribution >= 4 is 17.5 Å². The minimum Gasteiger partial charge on any atom is -0.493 e. The summed E-state index contributed by atoms with van der Waals surface area (Å²) < 4.78 is 5.84. The van der Waals surface area contributed by atoms with Crippen LogP contribution in [0.1, 0.15) is 32.6 Å². The van der Waals surface area contributed by atoms with Crippen LogP contribution in [0.25, 0.3) is 0 Å². The van der Waals surface area contributed by atoms with E-state index in [9.17, 15) is 9.59 Å². The van der Waals surface area contributed by atoms with E-state index in [2.05, 4.69) is 5.32 Å². The molecule has 5 heteroatoms. The SMILES string of the molecule is CC(=O)Nc1ccc(OCC2CCN(C(=O)C3CC3)CC2)cc1. The maximum absolute atomic E-state index is 12.0. The van der Waals surface area contributed by atoms with Gasteiger partial charge in [0, 0.05) is 31.6 Å². The Hall–Kier alpha value is -2.04. The normalized spacial score (nSPS) is 18.6. The molecule has 5 nitrogen and oxygen atoms in total. The number of benzene rings is 1. The van der Waals surface area contributed by atoms with Crippen molar-refractivity contribution in [1.29, 1.82) is 0 Å². The molecule has 1 aliphatic carbocycles. The summed E-state index contributed by atoms with van der Waals surface area (Å²) in [5.74, 6) is 1.93. The van der Waals surface area contributed by atoms with Crippen LogP contribution in [0.15, 0.2) is 24.3 Å². The fraction of sp³-hybridized carbons (Fsp3) is 0.556. The third-order valence-corrected chi connectivity index (χ3v) is 4.51. The first-order valence-electron chi connectivity index (χ1n) is 8.41. The molecule has 1 aromatic carbocycles. The number of nitrogens with zero attached hydrogens (tertiary/aromatic N) is 1. The summed E-state index contributed by atoms with van der Waals surface area (Å²) in [5, 5.41) is 2.74. The van der Waals surface area contributed by atoms with E-state index in [1.165, 1.54) is 6.92 Å². The second-order valence-corrected chi connectivity index (χ2v) is 6.56. The summed E-state index contributed by atoms with van der Waals surface area (Å²) in [5.41, 5.74) is 0.775. The van der Waals surface area contributed by atoms with Gasteiger partial charge < -0.3 is 15.0 Å². The Morgan fingerprint density at radius 2 is 1.78 bits per heavy atom. The molecular formula is C18H24N2O3. The minimum absolute atomic E-state index is 0.0776. The Morgan fingerprint density at radius 3 is 2.35 bits per heavy atom. The number of hydrogen-bond donors (Lipinski definition) is 1. The Morgan fingerprint density at radius 1 is 1.13 bits per heavy atom. The van der Waals surface area contributed by atoms with Gasteiger partial charge in [0.1, 0.15) is 5.75 Å². The molecule has 2 aliphatic rings. The monoisotopic (exact) mass is 316 g/mol. The van der Waals surface area contributed by atoms with Crippen molar-refractivity contribution in [2.75, 3.05) is 25.0 Å². The van der Waals surface area contributed by atoms with Gasteiger partial charge in [-0.05, 0) is 55.9 Å². The molecule has 1 aliphatic heterocycles. The van der Waals surface area contributed by atoms with E-state index >= 15 is 0 Å². The van der Waals surface area contributed by atoms with Gasteiger partial charge in [0.05, 0.1) is 6.61 Å². The number of carbonyl (C=O) groups excluding carboxylic acids is 2. The van der Waals surface area contributed by atoms with Crippen LogP contribution in [0.5, 0.6) is 5.75 Å². The molecule has 3 rings (SSSR count). The number of likely N-dealkylation sites (tertiary alicyclic amines) is 1. The van der Waals surface area contributed by atoms with Crippen LogP contribution in [-0.4, -0.2) is 36.4 Å². The Labute approximate surface area is 137 Å².